The van der Waals surface area contributed by atoms with E-state index in [0.717, 1.165) is 11.3 Å². The topological polar surface area (TPSA) is 38.3 Å². The molecule has 0 atom stereocenters. The van der Waals surface area contributed by atoms with E-state index in [1.54, 1.807) is 7.11 Å². The second kappa shape index (κ2) is 6.14. The summed E-state index contributed by atoms with van der Waals surface area (Å²) in [4.78, 5) is 11.2. The number of hydrogen-bond donors (Lipinski definition) is 2. The van der Waals surface area contributed by atoms with Crippen molar-refractivity contribution in [2.24, 2.45) is 0 Å². The van der Waals surface area contributed by atoms with Gasteiger partial charge in [0.25, 0.3) is 0 Å². The van der Waals surface area contributed by atoms with E-state index in [0.29, 0.717) is 6.54 Å². The minimum absolute atomic E-state index is 0.0780. The van der Waals surface area contributed by atoms with Crippen molar-refractivity contribution in [3.05, 3.63) is 29.3 Å². The molecule has 1 aromatic rings. The molecule has 0 aliphatic rings. The molecular formula is C14H21NO2S. The molecule has 1 aromatic carbocycles. The van der Waals surface area contributed by atoms with Crippen LogP contribution in [0.3, 0.4) is 0 Å². The van der Waals surface area contributed by atoms with E-state index in [4.69, 9.17) is 4.74 Å². The third-order valence-electron chi connectivity index (χ3n) is 2.77. The van der Waals surface area contributed by atoms with Gasteiger partial charge >= 0.3 is 0 Å². The van der Waals surface area contributed by atoms with Gasteiger partial charge in [0.2, 0.25) is 5.91 Å². The minimum atomic E-state index is -0.0819. The number of rotatable bonds is 4. The van der Waals surface area contributed by atoms with Crippen molar-refractivity contribution in [3.8, 4) is 5.75 Å². The summed E-state index contributed by atoms with van der Waals surface area (Å²) in [6, 6.07) is 6.09. The Morgan fingerprint density at radius 1 is 1.39 bits per heavy atom. The van der Waals surface area contributed by atoms with Crippen molar-refractivity contribution >= 4 is 18.5 Å². The second-order valence-corrected chi connectivity index (χ2v) is 5.53. The summed E-state index contributed by atoms with van der Waals surface area (Å²) in [5, 5.41) is 2.81. The van der Waals surface area contributed by atoms with Crippen LogP contribution in [0.1, 0.15) is 31.9 Å². The molecule has 0 aliphatic heterocycles. The number of carbonyl (C=O) groups is 1. The molecule has 3 nitrogen and oxygen atoms in total. The first-order valence-corrected chi connectivity index (χ1v) is 6.56. The number of benzene rings is 1. The average molecular weight is 267 g/mol. The van der Waals surface area contributed by atoms with Gasteiger partial charge in [-0.25, -0.2) is 0 Å². The van der Waals surface area contributed by atoms with Crippen LogP contribution in [0.4, 0.5) is 0 Å². The molecule has 0 unspecified atom stereocenters. The molecule has 0 spiro atoms. The van der Waals surface area contributed by atoms with Crippen molar-refractivity contribution in [1.82, 2.24) is 5.32 Å². The van der Waals surface area contributed by atoms with Crippen LogP contribution in [-0.4, -0.2) is 18.8 Å². The SMILES string of the molecule is COc1ccc(C(C)(C)C)cc1CNC(=O)CS. The predicted octanol–water partition coefficient (Wildman–Crippen LogP) is 2.54. The average Bonchev–Trinajstić information content (AvgIpc) is 2.34. The van der Waals surface area contributed by atoms with Crippen LogP contribution in [0.2, 0.25) is 0 Å². The number of amides is 1. The van der Waals surface area contributed by atoms with Gasteiger partial charge in [0.05, 0.1) is 12.9 Å². The van der Waals surface area contributed by atoms with Crippen molar-refractivity contribution in [2.75, 3.05) is 12.9 Å². The van der Waals surface area contributed by atoms with Gasteiger partial charge in [-0.05, 0) is 23.1 Å². The largest absolute Gasteiger partial charge is 0.496 e. The predicted molar refractivity (Wildman–Crippen MR) is 77.4 cm³/mol. The lowest BCUT2D eigenvalue weighted by molar-refractivity contribution is -0.118. The van der Waals surface area contributed by atoms with Crippen molar-refractivity contribution in [1.29, 1.82) is 0 Å². The first-order chi connectivity index (χ1) is 8.38. The van der Waals surface area contributed by atoms with Crippen LogP contribution in [0.5, 0.6) is 5.75 Å². The zero-order chi connectivity index (χ0) is 13.8. The Morgan fingerprint density at radius 2 is 2.06 bits per heavy atom. The lowest BCUT2D eigenvalue weighted by Gasteiger charge is -2.21. The Bertz CT molecular complexity index is 424. The van der Waals surface area contributed by atoms with E-state index in [-0.39, 0.29) is 17.1 Å². The maximum atomic E-state index is 11.2. The van der Waals surface area contributed by atoms with E-state index in [1.165, 1.54) is 5.56 Å². The van der Waals surface area contributed by atoms with E-state index in [9.17, 15) is 4.79 Å². The zero-order valence-electron chi connectivity index (χ0n) is 11.4. The fraction of sp³-hybridized carbons (Fsp3) is 0.500. The highest BCUT2D eigenvalue weighted by molar-refractivity contribution is 7.81. The molecule has 0 saturated heterocycles. The summed E-state index contributed by atoms with van der Waals surface area (Å²) in [7, 11) is 1.63. The third kappa shape index (κ3) is 3.95. The fourth-order valence-electron chi connectivity index (χ4n) is 1.63. The van der Waals surface area contributed by atoms with Crippen LogP contribution >= 0.6 is 12.6 Å². The summed E-state index contributed by atoms with van der Waals surface area (Å²) < 4.78 is 5.31. The van der Waals surface area contributed by atoms with Gasteiger partial charge in [0, 0.05) is 12.1 Å². The molecule has 0 fully saturated rings. The molecule has 1 amide bonds. The monoisotopic (exact) mass is 267 g/mol. The fourth-order valence-corrected chi connectivity index (χ4v) is 1.74. The van der Waals surface area contributed by atoms with Gasteiger partial charge < -0.3 is 10.1 Å². The Kier molecular flexibility index (Phi) is 5.08. The minimum Gasteiger partial charge on any atom is -0.496 e. The van der Waals surface area contributed by atoms with Crippen molar-refractivity contribution in [3.63, 3.8) is 0 Å². The highest BCUT2D eigenvalue weighted by Crippen LogP contribution is 2.27. The molecule has 18 heavy (non-hydrogen) atoms. The van der Waals surface area contributed by atoms with Gasteiger partial charge in [-0.2, -0.15) is 12.6 Å². The summed E-state index contributed by atoms with van der Waals surface area (Å²) in [5.74, 6) is 0.908. The smallest absolute Gasteiger partial charge is 0.229 e. The van der Waals surface area contributed by atoms with E-state index in [1.807, 2.05) is 6.07 Å². The molecule has 0 radical (unpaired) electrons. The lowest BCUT2D eigenvalue weighted by Crippen LogP contribution is -2.24. The lowest BCUT2D eigenvalue weighted by atomic mass is 9.86. The normalized spacial score (nSPS) is 11.2. The summed E-state index contributed by atoms with van der Waals surface area (Å²) >= 11 is 3.93. The Balaban J connectivity index is 2.96. The van der Waals surface area contributed by atoms with E-state index in [2.05, 4.69) is 50.8 Å². The molecule has 0 saturated carbocycles. The third-order valence-corrected chi connectivity index (χ3v) is 3.05. The summed E-state index contributed by atoms with van der Waals surface area (Å²) in [6.07, 6.45) is 0. The molecule has 1 rings (SSSR count). The molecular weight excluding hydrogens is 246 g/mol. The first-order valence-electron chi connectivity index (χ1n) is 5.93. The number of nitrogens with one attached hydrogen (secondary N) is 1. The number of hydrogen-bond acceptors (Lipinski definition) is 3. The quantitative estimate of drug-likeness (QED) is 0.823. The number of ether oxygens (including phenoxy) is 1. The molecule has 100 valence electrons. The second-order valence-electron chi connectivity index (χ2n) is 5.21. The highest BCUT2D eigenvalue weighted by atomic mass is 32.1. The maximum Gasteiger partial charge on any atom is 0.229 e. The van der Waals surface area contributed by atoms with Crippen molar-refractivity contribution in [2.45, 2.75) is 32.7 Å². The van der Waals surface area contributed by atoms with Crippen LogP contribution < -0.4 is 10.1 Å². The Labute approximate surface area is 114 Å². The molecule has 0 heterocycles. The van der Waals surface area contributed by atoms with E-state index < -0.39 is 0 Å². The molecule has 0 aromatic heterocycles. The zero-order valence-corrected chi connectivity index (χ0v) is 12.3. The number of methoxy groups -OCH3 is 1. The molecule has 1 N–H and O–H groups in total. The number of thiol groups is 1. The van der Waals surface area contributed by atoms with Crippen LogP contribution in [0.15, 0.2) is 18.2 Å². The number of carbonyl (C=O) groups excluding carboxylic acids is 1. The van der Waals surface area contributed by atoms with Gasteiger partial charge in [-0.1, -0.05) is 26.8 Å². The summed E-state index contributed by atoms with van der Waals surface area (Å²) in [5.41, 5.74) is 2.28. The Morgan fingerprint density at radius 3 is 2.56 bits per heavy atom. The van der Waals surface area contributed by atoms with Crippen LogP contribution in [-0.2, 0) is 16.8 Å². The molecule has 0 bridgehead atoms. The van der Waals surface area contributed by atoms with Gasteiger partial charge in [-0.15, -0.1) is 0 Å². The highest BCUT2D eigenvalue weighted by Gasteiger charge is 2.16. The van der Waals surface area contributed by atoms with Crippen molar-refractivity contribution < 1.29 is 9.53 Å². The van der Waals surface area contributed by atoms with Gasteiger partial charge in [-0.3, -0.25) is 4.79 Å². The Hall–Kier alpha value is -1.16. The molecule has 4 heteroatoms. The van der Waals surface area contributed by atoms with Gasteiger partial charge in [0.1, 0.15) is 5.75 Å². The standard InChI is InChI=1S/C14H21NO2S/c1-14(2,3)11-5-6-12(17-4)10(7-11)8-15-13(16)9-18/h5-7,18H,8-9H2,1-4H3,(H,15,16). The first kappa shape index (κ1) is 14.9. The summed E-state index contributed by atoms with van der Waals surface area (Å²) in [6.45, 7) is 6.94. The maximum absolute atomic E-state index is 11.2. The molecule has 0 aliphatic carbocycles. The van der Waals surface area contributed by atoms with E-state index >= 15 is 0 Å². The van der Waals surface area contributed by atoms with Gasteiger partial charge in [0.15, 0.2) is 0 Å². The van der Waals surface area contributed by atoms with Crippen LogP contribution in [0.25, 0.3) is 0 Å². The van der Waals surface area contributed by atoms with Crippen LogP contribution in [0, 0.1) is 0 Å².